The van der Waals surface area contributed by atoms with Gasteiger partial charge in [0.25, 0.3) is 0 Å². The molecule has 0 aliphatic heterocycles. The van der Waals surface area contributed by atoms with Gasteiger partial charge in [0.05, 0.1) is 5.71 Å². The summed E-state index contributed by atoms with van der Waals surface area (Å²) in [7, 11) is 2.08. The Hall–Kier alpha value is -1.29. The lowest BCUT2D eigenvalue weighted by molar-refractivity contribution is 0.317. The predicted molar refractivity (Wildman–Crippen MR) is 71.9 cm³/mol. The maximum absolute atomic E-state index is 9.13. The van der Waals surface area contributed by atoms with Crippen LogP contribution in [0, 0.1) is 0 Å². The summed E-state index contributed by atoms with van der Waals surface area (Å²) >= 11 is 3.50. The van der Waals surface area contributed by atoms with Crippen molar-refractivity contribution in [3.63, 3.8) is 0 Å². The van der Waals surface area contributed by atoms with E-state index in [9.17, 15) is 0 Å². The molecule has 3 nitrogen and oxygen atoms in total. The van der Waals surface area contributed by atoms with Crippen LogP contribution in [0.3, 0.4) is 0 Å². The van der Waals surface area contributed by atoms with Crippen LogP contribution >= 0.6 is 15.9 Å². The Bertz CT molecular complexity index is 628. The van der Waals surface area contributed by atoms with Gasteiger partial charge in [-0.05, 0) is 31.4 Å². The normalized spacial score (nSPS) is 17.6. The molecule has 3 rings (SSSR count). The van der Waals surface area contributed by atoms with Gasteiger partial charge < -0.3 is 9.77 Å². The Morgan fingerprint density at radius 2 is 2.18 bits per heavy atom. The third-order valence-corrected chi connectivity index (χ3v) is 4.01. The molecule has 0 saturated heterocycles. The van der Waals surface area contributed by atoms with Gasteiger partial charge >= 0.3 is 0 Å². The van der Waals surface area contributed by atoms with E-state index in [0.29, 0.717) is 0 Å². The molecular weight excluding hydrogens is 280 g/mol. The summed E-state index contributed by atoms with van der Waals surface area (Å²) in [5, 5.41) is 13.8. The smallest absolute Gasteiger partial charge is 0.0892 e. The molecule has 0 amide bonds. The molecule has 2 aromatic rings. The molecule has 1 heterocycles. The molecule has 1 N–H and O–H groups in total. The maximum atomic E-state index is 9.13. The Kier molecular flexibility index (Phi) is 2.47. The average Bonchev–Trinajstić information content (AvgIpc) is 2.63. The van der Waals surface area contributed by atoms with E-state index in [1.165, 1.54) is 16.6 Å². The van der Waals surface area contributed by atoms with Crippen LogP contribution in [0.15, 0.2) is 27.8 Å². The summed E-state index contributed by atoms with van der Waals surface area (Å²) < 4.78 is 3.28. The van der Waals surface area contributed by atoms with E-state index in [-0.39, 0.29) is 0 Å². The van der Waals surface area contributed by atoms with Gasteiger partial charge in [-0.1, -0.05) is 27.2 Å². The Balaban J connectivity index is 2.42. The van der Waals surface area contributed by atoms with Gasteiger partial charge in [0.2, 0.25) is 0 Å². The lowest BCUT2D eigenvalue weighted by Gasteiger charge is -2.14. The van der Waals surface area contributed by atoms with E-state index >= 15 is 0 Å². The van der Waals surface area contributed by atoms with Crippen LogP contribution in [-0.4, -0.2) is 15.5 Å². The number of hydrogen-bond acceptors (Lipinski definition) is 2. The number of halogens is 1. The first kappa shape index (κ1) is 10.8. The van der Waals surface area contributed by atoms with E-state index in [2.05, 4.69) is 44.8 Å². The van der Waals surface area contributed by atoms with Crippen molar-refractivity contribution in [3.8, 4) is 0 Å². The fraction of sp³-hybridized carbons (Fsp3) is 0.308. The Morgan fingerprint density at radius 1 is 1.35 bits per heavy atom. The zero-order chi connectivity index (χ0) is 12.0. The summed E-state index contributed by atoms with van der Waals surface area (Å²) in [6.07, 6.45) is 2.97. The first-order chi connectivity index (χ1) is 8.22. The van der Waals surface area contributed by atoms with Crippen molar-refractivity contribution in [1.82, 2.24) is 4.57 Å². The summed E-state index contributed by atoms with van der Waals surface area (Å²) in [4.78, 5) is 0. The topological polar surface area (TPSA) is 37.5 Å². The van der Waals surface area contributed by atoms with Gasteiger partial charge in [-0.25, -0.2) is 0 Å². The van der Waals surface area contributed by atoms with Gasteiger partial charge in [0.1, 0.15) is 0 Å². The summed E-state index contributed by atoms with van der Waals surface area (Å²) in [5.41, 5.74) is 4.41. The molecule has 1 aliphatic rings. The van der Waals surface area contributed by atoms with Gasteiger partial charge in [0.15, 0.2) is 0 Å². The van der Waals surface area contributed by atoms with Gasteiger partial charge in [-0.3, -0.25) is 0 Å². The summed E-state index contributed by atoms with van der Waals surface area (Å²) in [6.45, 7) is 0. The first-order valence-corrected chi connectivity index (χ1v) is 6.50. The zero-order valence-electron chi connectivity index (χ0n) is 9.57. The number of oxime groups is 1. The Labute approximate surface area is 108 Å². The standard InChI is InChI=1S/C13H13BrN2O/c1-16-11-4-2-3-10(15-17)13(11)9-6-5-8(14)7-12(9)16/h5-7,17H,2-4H2,1H3/b15-10+. The molecule has 17 heavy (non-hydrogen) atoms. The predicted octanol–water partition coefficient (Wildman–Crippen LogP) is 3.46. The zero-order valence-corrected chi connectivity index (χ0v) is 11.2. The molecule has 0 spiro atoms. The minimum Gasteiger partial charge on any atom is -0.411 e. The van der Waals surface area contributed by atoms with Crippen LogP contribution < -0.4 is 0 Å². The largest absolute Gasteiger partial charge is 0.411 e. The molecule has 88 valence electrons. The van der Waals surface area contributed by atoms with Crippen molar-refractivity contribution in [1.29, 1.82) is 0 Å². The van der Waals surface area contributed by atoms with Crippen LogP contribution in [0.5, 0.6) is 0 Å². The highest BCUT2D eigenvalue weighted by molar-refractivity contribution is 9.10. The first-order valence-electron chi connectivity index (χ1n) is 5.70. The third-order valence-electron chi connectivity index (χ3n) is 3.52. The van der Waals surface area contributed by atoms with Crippen LogP contribution in [0.1, 0.15) is 24.1 Å². The molecule has 0 unspecified atom stereocenters. The second-order valence-electron chi connectivity index (χ2n) is 4.44. The number of fused-ring (bicyclic) bond motifs is 3. The minimum absolute atomic E-state index is 0.819. The third kappa shape index (κ3) is 1.51. The highest BCUT2D eigenvalue weighted by Gasteiger charge is 2.23. The molecule has 4 heteroatoms. The number of nitrogens with zero attached hydrogens (tertiary/aromatic N) is 2. The highest BCUT2D eigenvalue weighted by atomic mass is 79.9. The highest BCUT2D eigenvalue weighted by Crippen LogP contribution is 2.33. The molecule has 0 bridgehead atoms. The number of benzene rings is 1. The van der Waals surface area contributed by atoms with E-state index in [0.717, 1.165) is 35.0 Å². The molecule has 0 radical (unpaired) electrons. The van der Waals surface area contributed by atoms with Crippen LogP contribution in [-0.2, 0) is 13.5 Å². The summed E-state index contributed by atoms with van der Waals surface area (Å²) in [5.74, 6) is 0. The molecule has 1 aromatic carbocycles. The van der Waals surface area contributed by atoms with Gasteiger partial charge in [-0.15, -0.1) is 0 Å². The SMILES string of the molecule is Cn1c2c(c3ccc(Br)cc31)/C(=N/O)CCC2. The Morgan fingerprint density at radius 3 is 2.94 bits per heavy atom. The molecule has 0 fully saturated rings. The van der Waals surface area contributed by atoms with E-state index in [1.807, 2.05) is 6.07 Å². The second-order valence-corrected chi connectivity index (χ2v) is 5.36. The quantitative estimate of drug-likeness (QED) is 0.586. The van der Waals surface area contributed by atoms with Crippen molar-refractivity contribution < 1.29 is 5.21 Å². The van der Waals surface area contributed by atoms with Crippen molar-refractivity contribution in [2.24, 2.45) is 12.2 Å². The molecule has 1 aliphatic carbocycles. The van der Waals surface area contributed by atoms with E-state index in [4.69, 9.17) is 5.21 Å². The van der Waals surface area contributed by atoms with Gasteiger partial charge in [0, 0.05) is 33.7 Å². The van der Waals surface area contributed by atoms with Crippen molar-refractivity contribution >= 4 is 32.5 Å². The number of aryl methyl sites for hydroxylation is 1. The van der Waals surface area contributed by atoms with Crippen LogP contribution in [0.25, 0.3) is 10.9 Å². The molecule has 0 atom stereocenters. The summed E-state index contributed by atoms with van der Waals surface area (Å²) in [6, 6.07) is 6.24. The van der Waals surface area contributed by atoms with Gasteiger partial charge in [-0.2, -0.15) is 0 Å². The second kappa shape index (κ2) is 3.88. The lowest BCUT2D eigenvalue weighted by atomic mass is 9.93. The van der Waals surface area contributed by atoms with E-state index < -0.39 is 0 Å². The average molecular weight is 293 g/mol. The monoisotopic (exact) mass is 292 g/mol. The number of rotatable bonds is 0. The fourth-order valence-corrected chi connectivity index (χ4v) is 3.07. The fourth-order valence-electron chi connectivity index (χ4n) is 2.73. The van der Waals surface area contributed by atoms with Crippen molar-refractivity contribution in [2.45, 2.75) is 19.3 Å². The maximum Gasteiger partial charge on any atom is 0.0892 e. The lowest BCUT2D eigenvalue weighted by Crippen LogP contribution is -2.12. The number of aromatic nitrogens is 1. The molecule has 1 aromatic heterocycles. The van der Waals surface area contributed by atoms with E-state index in [1.54, 1.807) is 0 Å². The van der Waals surface area contributed by atoms with Crippen molar-refractivity contribution in [2.75, 3.05) is 0 Å². The van der Waals surface area contributed by atoms with Crippen LogP contribution in [0.2, 0.25) is 0 Å². The van der Waals surface area contributed by atoms with Crippen molar-refractivity contribution in [3.05, 3.63) is 33.9 Å². The number of hydrogen-bond donors (Lipinski definition) is 1. The minimum atomic E-state index is 0.819. The van der Waals surface area contributed by atoms with Crippen LogP contribution in [0.4, 0.5) is 0 Å². The molecular formula is C13H13BrN2O. The molecule has 0 saturated carbocycles.